The second kappa shape index (κ2) is 6.20. The fourth-order valence-corrected chi connectivity index (χ4v) is 2.00. The molecule has 3 atom stereocenters. The Balaban J connectivity index is 2.17. The Morgan fingerprint density at radius 1 is 1.57 bits per heavy atom. The summed E-state index contributed by atoms with van der Waals surface area (Å²) >= 11 is 0. The Morgan fingerprint density at radius 2 is 2.36 bits per heavy atom. The number of ether oxygens (including phenoxy) is 1. The summed E-state index contributed by atoms with van der Waals surface area (Å²) in [4.78, 5) is 0. The van der Waals surface area contributed by atoms with Gasteiger partial charge in [0.15, 0.2) is 0 Å². The molecule has 2 nitrogen and oxygen atoms in total. The third-order valence-electron chi connectivity index (χ3n) is 2.87. The van der Waals surface area contributed by atoms with Crippen LogP contribution in [0.2, 0.25) is 0 Å². The van der Waals surface area contributed by atoms with Crippen LogP contribution in [0.1, 0.15) is 39.5 Å². The van der Waals surface area contributed by atoms with E-state index in [0.717, 1.165) is 13.0 Å². The van der Waals surface area contributed by atoms with Crippen LogP contribution < -0.4 is 5.32 Å². The number of rotatable bonds is 6. The molecule has 0 aromatic heterocycles. The van der Waals surface area contributed by atoms with Gasteiger partial charge in [-0.2, -0.15) is 0 Å². The van der Waals surface area contributed by atoms with Crippen molar-refractivity contribution >= 4 is 0 Å². The second-order valence-corrected chi connectivity index (χ2v) is 4.27. The highest BCUT2D eigenvalue weighted by Crippen LogP contribution is 2.16. The monoisotopic (exact) mass is 197 g/mol. The van der Waals surface area contributed by atoms with Gasteiger partial charge in [-0.25, -0.2) is 0 Å². The quantitative estimate of drug-likeness (QED) is 0.661. The number of hydrogen-bond acceptors (Lipinski definition) is 2. The van der Waals surface area contributed by atoms with Crippen LogP contribution in [0.25, 0.3) is 0 Å². The molecule has 3 unspecified atom stereocenters. The van der Waals surface area contributed by atoms with Gasteiger partial charge in [0.1, 0.15) is 0 Å². The van der Waals surface area contributed by atoms with Gasteiger partial charge in [0.25, 0.3) is 0 Å². The van der Waals surface area contributed by atoms with E-state index in [2.05, 4.69) is 25.7 Å². The summed E-state index contributed by atoms with van der Waals surface area (Å²) in [6.07, 6.45) is 7.10. The third-order valence-corrected chi connectivity index (χ3v) is 2.87. The Bertz CT molecular complexity index is 164. The summed E-state index contributed by atoms with van der Waals surface area (Å²) in [5.41, 5.74) is 0. The molecule has 0 radical (unpaired) electrons. The van der Waals surface area contributed by atoms with Gasteiger partial charge < -0.3 is 10.1 Å². The van der Waals surface area contributed by atoms with Gasteiger partial charge in [-0.05, 0) is 39.5 Å². The van der Waals surface area contributed by atoms with Crippen molar-refractivity contribution in [2.75, 3.05) is 6.61 Å². The average Bonchev–Trinajstić information content (AvgIpc) is 2.67. The van der Waals surface area contributed by atoms with Gasteiger partial charge >= 0.3 is 0 Å². The van der Waals surface area contributed by atoms with Gasteiger partial charge in [0, 0.05) is 18.7 Å². The maximum Gasteiger partial charge on any atom is 0.0726 e. The molecule has 1 saturated heterocycles. The molecule has 1 aliphatic heterocycles. The van der Waals surface area contributed by atoms with Crippen molar-refractivity contribution < 1.29 is 4.74 Å². The van der Waals surface area contributed by atoms with Crippen LogP contribution in [-0.4, -0.2) is 24.8 Å². The van der Waals surface area contributed by atoms with Gasteiger partial charge in [-0.3, -0.25) is 0 Å². The molecule has 0 saturated carbocycles. The summed E-state index contributed by atoms with van der Waals surface area (Å²) in [7, 11) is 0. The normalized spacial score (nSPS) is 26.0. The Hall–Kier alpha value is -0.340. The fraction of sp³-hybridized carbons (Fsp3) is 0.833. The summed E-state index contributed by atoms with van der Waals surface area (Å²) in [6, 6.07) is 1.05. The minimum Gasteiger partial charge on any atom is -0.377 e. The molecule has 82 valence electrons. The first-order chi connectivity index (χ1) is 6.74. The van der Waals surface area contributed by atoms with Crippen LogP contribution in [0.15, 0.2) is 12.7 Å². The van der Waals surface area contributed by atoms with Crippen LogP contribution in [0.3, 0.4) is 0 Å². The molecule has 1 fully saturated rings. The van der Waals surface area contributed by atoms with Crippen molar-refractivity contribution in [3.05, 3.63) is 12.7 Å². The summed E-state index contributed by atoms with van der Waals surface area (Å²) in [5.74, 6) is 0. The number of allylic oxidation sites excluding steroid dienone is 1. The first kappa shape index (κ1) is 11.7. The molecule has 0 aromatic carbocycles. The zero-order valence-electron chi connectivity index (χ0n) is 9.46. The second-order valence-electron chi connectivity index (χ2n) is 4.27. The molecule has 0 spiro atoms. The highest BCUT2D eigenvalue weighted by atomic mass is 16.5. The van der Waals surface area contributed by atoms with Crippen molar-refractivity contribution in [1.82, 2.24) is 5.32 Å². The molecule has 1 rings (SSSR count). The van der Waals surface area contributed by atoms with E-state index in [1.807, 2.05) is 6.08 Å². The summed E-state index contributed by atoms with van der Waals surface area (Å²) in [6.45, 7) is 9.13. The van der Waals surface area contributed by atoms with Crippen molar-refractivity contribution in [3.63, 3.8) is 0 Å². The van der Waals surface area contributed by atoms with Crippen LogP contribution in [0.4, 0.5) is 0 Å². The van der Waals surface area contributed by atoms with E-state index in [1.54, 1.807) is 0 Å². The van der Waals surface area contributed by atoms with E-state index in [9.17, 15) is 0 Å². The average molecular weight is 197 g/mol. The molecule has 0 aliphatic carbocycles. The molecular weight excluding hydrogens is 174 g/mol. The smallest absolute Gasteiger partial charge is 0.0726 e. The lowest BCUT2D eigenvalue weighted by atomic mass is 10.1. The molecule has 0 amide bonds. The SMILES string of the molecule is C=CCCC(C)NC(C)C1CCCO1. The van der Waals surface area contributed by atoms with Crippen molar-refractivity contribution in [2.24, 2.45) is 0 Å². The minimum absolute atomic E-state index is 0.432. The molecule has 1 aliphatic rings. The van der Waals surface area contributed by atoms with Crippen molar-refractivity contribution in [1.29, 1.82) is 0 Å². The first-order valence-electron chi connectivity index (χ1n) is 5.72. The first-order valence-corrected chi connectivity index (χ1v) is 5.72. The topological polar surface area (TPSA) is 21.3 Å². The largest absolute Gasteiger partial charge is 0.377 e. The van der Waals surface area contributed by atoms with Crippen LogP contribution in [0.5, 0.6) is 0 Å². The number of hydrogen-bond donors (Lipinski definition) is 1. The lowest BCUT2D eigenvalue weighted by Crippen LogP contribution is -2.42. The molecular formula is C12H23NO. The zero-order chi connectivity index (χ0) is 10.4. The lowest BCUT2D eigenvalue weighted by Gasteiger charge is -2.24. The van der Waals surface area contributed by atoms with E-state index in [0.29, 0.717) is 18.2 Å². The van der Waals surface area contributed by atoms with E-state index in [1.165, 1.54) is 19.3 Å². The van der Waals surface area contributed by atoms with E-state index in [4.69, 9.17) is 4.74 Å². The summed E-state index contributed by atoms with van der Waals surface area (Å²) in [5, 5.41) is 3.58. The Kier molecular flexibility index (Phi) is 5.20. The fourth-order valence-electron chi connectivity index (χ4n) is 2.00. The van der Waals surface area contributed by atoms with Crippen molar-refractivity contribution in [2.45, 2.75) is 57.7 Å². The van der Waals surface area contributed by atoms with Crippen LogP contribution in [-0.2, 0) is 4.74 Å². The van der Waals surface area contributed by atoms with Gasteiger partial charge in [0.05, 0.1) is 6.10 Å². The molecule has 2 heteroatoms. The van der Waals surface area contributed by atoms with Gasteiger partial charge in [-0.1, -0.05) is 6.08 Å². The lowest BCUT2D eigenvalue weighted by molar-refractivity contribution is 0.0801. The summed E-state index contributed by atoms with van der Waals surface area (Å²) < 4.78 is 5.64. The highest BCUT2D eigenvalue weighted by molar-refractivity contribution is 4.80. The Labute approximate surface area is 87.7 Å². The van der Waals surface area contributed by atoms with E-state index in [-0.39, 0.29) is 0 Å². The number of nitrogens with one attached hydrogen (secondary N) is 1. The molecule has 1 heterocycles. The van der Waals surface area contributed by atoms with E-state index >= 15 is 0 Å². The molecule has 1 N–H and O–H groups in total. The van der Waals surface area contributed by atoms with Gasteiger partial charge in [0.2, 0.25) is 0 Å². The van der Waals surface area contributed by atoms with Gasteiger partial charge in [-0.15, -0.1) is 6.58 Å². The predicted molar refractivity (Wildman–Crippen MR) is 60.5 cm³/mol. The Morgan fingerprint density at radius 3 is 2.93 bits per heavy atom. The van der Waals surface area contributed by atoms with Crippen LogP contribution in [0, 0.1) is 0 Å². The van der Waals surface area contributed by atoms with Crippen LogP contribution >= 0.6 is 0 Å². The van der Waals surface area contributed by atoms with Crippen molar-refractivity contribution in [3.8, 4) is 0 Å². The maximum atomic E-state index is 5.64. The standard InChI is InChI=1S/C12H23NO/c1-4-5-7-10(2)13-11(3)12-8-6-9-14-12/h4,10-13H,1,5-9H2,2-3H3. The maximum absolute atomic E-state index is 5.64. The molecule has 0 aromatic rings. The predicted octanol–water partition coefficient (Wildman–Crippen LogP) is 2.50. The third kappa shape index (κ3) is 3.81. The molecule has 14 heavy (non-hydrogen) atoms. The molecule has 0 bridgehead atoms. The minimum atomic E-state index is 0.432. The van der Waals surface area contributed by atoms with E-state index < -0.39 is 0 Å². The highest BCUT2D eigenvalue weighted by Gasteiger charge is 2.22. The zero-order valence-corrected chi connectivity index (χ0v) is 9.46.